The van der Waals surface area contributed by atoms with Gasteiger partial charge in [-0.05, 0) is 32.0 Å². The largest absolute Gasteiger partial charge is 0.508 e. The van der Waals surface area contributed by atoms with Crippen LogP contribution in [0.25, 0.3) is 0 Å². The molecule has 7 heteroatoms. The lowest BCUT2D eigenvalue weighted by Crippen LogP contribution is -2.23. The first kappa shape index (κ1) is 15.6. The van der Waals surface area contributed by atoms with E-state index in [-0.39, 0.29) is 17.4 Å². The van der Waals surface area contributed by atoms with Crippen LogP contribution in [0.4, 0.5) is 5.82 Å². The van der Waals surface area contributed by atoms with Crippen molar-refractivity contribution in [1.29, 1.82) is 0 Å². The molecule has 1 aromatic carbocycles. The quantitative estimate of drug-likeness (QED) is 0.824. The van der Waals surface area contributed by atoms with Gasteiger partial charge in [0.25, 0.3) is 5.91 Å². The summed E-state index contributed by atoms with van der Waals surface area (Å²) in [5, 5.41) is 16.0. The predicted molar refractivity (Wildman–Crippen MR) is 79.6 cm³/mol. The van der Waals surface area contributed by atoms with E-state index in [2.05, 4.69) is 10.4 Å². The lowest BCUT2D eigenvalue weighted by Gasteiger charge is -2.11. The minimum absolute atomic E-state index is 0.0419. The van der Waals surface area contributed by atoms with E-state index in [9.17, 15) is 14.7 Å². The van der Waals surface area contributed by atoms with E-state index in [0.29, 0.717) is 5.82 Å². The molecule has 116 valence electrons. The van der Waals surface area contributed by atoms with Crippen molar-refractivity contribution in [2.24, 2.45) is 0 Å². The first-order valence-electron chi connectivity index (χ1n) is 6.77. The van der Waals surface area contributed by atoms with E-state index in [1.807, 2.05) is 13.8 Å². The van der Waals surface area contributed by atoms with Gasteiger partial charge in [-0.3, -0.25) is 4.79 Å². The van der Waals surface area contributed by atoms with E-state index in [1.54, 1.807) is 16.9 Å². The van der Waals surface area contributed by atoms with Gasteiger partial charge in [0, 0.05) is 12.1 Å². The monoisotopic (exact) mass is 303 g/mol. The molecule has 0 aliphatic carbocycles. The third-order valence-electron chi connectivity index (χ3n) is 2.84. The maximum atomic E-state index is 11.8. The van der Waals surface area contributed by atoms with Gasteiger partial charge < -0.3 is 15.2 Å². The SMILES string of the molecule is CC(C)n1nccc1NC(=O)COC(=O)c1cccc(O)c1. The Bertz CT molecular complexity index is 679. The lowest BCUT2D eigenvalue weighted by molar-refractivity contribution is -0.119. The van der Waals surface area contributed by atoms with E-state index in [4.69, 9.17) is 4.74 Å². The molecule has 0 saturated carbocycles. The van der Waals surface area contributed by atoms with Crippen molar-refractivity contribution in [3.8, 4) is 5.75 Å². The van der Waals surface area contributed by atoms with Gasteiger partial charge in [-0.15, -0.1) is 0 Å². The molecular weight excluding hydrogens is 286 g/mol. The van der Waals surface area contributed by atoms with Gasteiger partial charge in [0.15, 0.2) is 6.61 Å². The van der Waals surface area contributed by atoms with Crippen LogP contribution in [0.2, 0.25) is 0 Å². The number of carbonyl (C=O) groups is 2. The van der Waals surface area contributed by atoms with Crippen LogP contribution < -0.4 is 5.32 Å². The molecule has 0 fully saturated rings. The molecule has 0 saturated heterocycles. The van der Waals surface area contributed by atoms with Crippen LogP contribution in [0.3, 0.4) is 0 Å². The number of hydrogen-bond donors (Lipinski definition) is 2. The Morgan fingerprint density at radius 1 is 1.36 bits per heavy atom. The Kier molecular flexibility index (Phi) is 4.77. The molecule has 2 rings (SSSR count). The molecular formula is C15H17N3O4. The van der Waals surface area contributed by atoms with Crippen LogP contribution in [0.15, 0.2) is 36.5 Å². The highest BCUT2D eigenvalue weighted by Crippen LogP contribution is 2.13. The smallest absolute Gasteiger partial charge is 0.338 e. The van der Waals surface area contributed by atoms with Crippen molar-refractivity contribution in [2.75, 3.05) is 11.9 Å². The molecule has 22 heavy (non-hydrogen) atoms. The Morgan fingerprint density at radius 2 is 2.14 bits per heavy atom. The second kappa shape index (κ2) is 6.75. The van der Waals surface area contributed by atoms with Crippen molar-refractivity contribution in [2.45, 2.75) is 19.9 Å². The van der Waals surface area contributed by atoms with Crippen LogP contribution in [-0.4, -0.2) is 33.4 Å². The van der Waals surface area contributed by atoms with E-state index in [1.165, 1.54) is 24.3 Å². The van der Waals surface area contributed by atoms with Gasteiger partial charge in [0.05, 0.1) is 11.8 Å². The van der Waals surface area contributed by atoms with Gasteiger partial charge >= 0.3 is 5.97 Å². The zero-order valence-electron chi connectivity index (χ0n) is 12.3. The summed E-state index contributed by atoms with van der Waals surface area (Å²) in [6.07, 6.45) is 1.58. The summed E-state index contributed by atoms with van der Waals surface area (Å²) in [6, 6.07) is 7.49. The first-order chi connectivity index (χ1) is 10.5. The molecule has 2 aromatic rings. The highest BCUT2D eigenvalue weighted by molar-refractivity contribution is 5.95. The number of phenolic OH excluding ortho intramolecular Hbond substituents is 1. The molecule has 1 aromatic heterocycles. The number of hydrogen-bond acceptors (Lipinski definition) is 5. The Hall–Kier alpha value is -2.83. The van der Waals surface area contributed by atoms with Crippen molar-refractivity contribution in [3.05, 3.63) is 42.1 Å². The molecule has 0 spiro atoms. The minimum atomic E-state index is -0.677. The van der Waals surface area contributed by atoms with Gasteiger partial charge in [-0.25, -0.2) is 9.48 Å². The summed E-state index contributed by atoms with van der Waals surface area (Å²) in [6.45, 7) is 3.45. The highest BCUT2D eigenvalue weighted by atomic mass is 16.5. The topological polar surface area (TPSA) is 93.5 Å². The number of aromatic nitrogens is 2. The van der Waals surface area contributed by atoms with E-state index in [0.717, 1.165) is 0 Å². The molecule has 0 radical (unpaired) electrons. The molecule has 2 N–H and O–H groups in total. The number of ether oxygens (including phenoxy) is 1. The third kappa shape index (κ3) is 3.85. The molecule has 0 aliphatic rings. The summed E-state index contributed by atoms with van der Waals surface area (Å²) in [7, 11) is 0. The first-order valence-corrected chi connectivity index (χ1v) is 6.77. The maximum absolute atomic E-state index is 11.8. The highest BCUT2D eigenvalue weighted by Gasteiger charge is 2.13. The van der Waals surface area contributed by atoms with Crippen molar-refractivity contribution < 1.29 is 19.4 Å². The average molecular weight is 303 g/mol. The number of amides is 1. The number of rotatable bonds is 5. The summed E-state index contributed by atoms with van der Waals surface area (Å²) in [4.78, 5) is 23.6. The van der Waals surface area contributed by atoms with Crippen LogP contribution in [0.5, 0.6) is 5.75 Å². The Morgan fingerprint density at radius 3 is 2.82 bits per heavy atom. The number of benzene rings is 1. The van der Waals surface area contributed by atoms with Crippen LogP contribution >= 0.6 is 0 Å². The fraction of sp³-hybridized carbons (Fsp3) is 0.267. The van der Waals surface area contributed by atoms with E-state index >= 15 is 0 Å². The molecule has 1 heterocycles. The molecule has 0 atom stereocenters. The summed E-state index contributed by atoms with van der Waals surface area (Å²) >= 11 is 0. The number of phenols is 1. The normalized spacial score (nSPS) is 10.5. The van der Waals surface area contributed by atoms with Crippen molar-refractivity contribution in [1.82, 2.24) is 9.78 Å². The van der Waals surface area contributed by atoms with Crippen LogP contribution in [0, 0.1) is 0 Å². The lowest BCUT2D eigenvalue weighted by atomic mass is 10.2. The molecule has 7 nitrogen and oxygen atoms in total. The average Bonchev–Trinajstić information content (AvgIpc) is 2.93. The number of nitrogens with one attached hydrogen (secondary N) is 1. The van der Waals surface area contributed by atoms with Gasteiger partial charge in [0.1, 0.15) is 11.6 Å². The Labute approximate surface area is 127 Å². The second-order valence-electron chi connectivity index (χ2n) is 4.93. The Balaban J connectivity index is 1.90. The van der Waals surface area contributed by atoms with Crippen LogP contribution in [-0.2, 0) is 9.53 Å². The van der Waals surface area contributed by atoms with Gasteiger partial charge in [-0.1, -0.05) is 6.07 Å². The van der Waals surface area contributed by atoms with Crippen molar-refractivity contribution in [3.63, 3.8) is 0 Å². The fourth-order valence-electron chi connectivity index (χ4n) is 1.85. The number of aromatic hydroxyl groups is 1. The standard InChI is InChI=1S/C15H17N3O4/c1-10(2)18-13(6-7-16-18)17-14(20)9-22-15(21)11-4-3-5-12(19)8-11/h3-8,10,19H,9H2,1-2H3,(H,17,20). The fourth-order valence-corrected chi connectivity index (χ4v) is 1.85. The third-order valence-corrected chi connectivity index (χ3v) is 2.84. The zero-order valence-corrected chi connectivity index (χ0v) is 12.3. The summed E-state index contributed by atoms with van der Waals surface area (Å²) < 4.78 is 6.55. The van der Waals surface area contributed by atoms with Crippen LogP contribution in [0.1, 0.15) is 30.2 Å². The maximum Gasteiger partial charge on any atom is 0.338 e. The second-order valence-corrected chi connectivity index (χ2v) is 4.93. The molecule has 0 aliphatic heterocycles. The molecule has 1 amide bonds. The number of esters is 1. The number of nitrogens with zero attached hydrogens (tertiary/aromatic N) is 2. The summed E-state index contributed by atoms with van der Waals surface area (Å²) in [5.74, 6) is -0.646. The number of carbonyl (C=O) groups excluding carboxylic acids is 2. The predicted octanol–water partition coefficient (Wildman–Crippen LogP) is 1.97. The van der Waals surface area contributed by atoms with E-state index < -0.39 is 18.5 Å². The minimum Gasteiger partial charge on any atom is -0.508 e. The number of anilines is 1. The zero-order chi connectivity index (χ0) is 16.1. The van der Waals surface area contributed by atoms with Gasteiger partial charge in [0.2, 0.25) is 0 Å². The summed E-state index contributed by atoms with van der Waals surface area (Å²) in [5.41, 5.74) is 0.181. The molecule has 0 bridgehead atoms. The van der Waals surface area contributed by atoms with Crippen molar-refractivity contribution >= 4 is 17.7 Å². The van der Waals surface area contributed by atoms with Gasteiger partial charge in [-0.2, -0.15) is 5.10 Å². The molecule has 0 unspecified atom stereocenters.